The quantitative estimate of drug-likeness (QED) is 0.168. The third kappa shape index (κ3) is 4.29. The average Bonchev–Trinajstić information content (AvgIpc) is 3.66. The average molecular weight is 744 g/mol. The number of hydrogen-bond acceptors (Lipinski definition) is 5. The van der Waals surface area contributed by atoms with Crippen LogP contribution in [0.15, 0.2) is 188 Å². The van der Waals surface area contributed by atoms with Gasteiger partial charge in [0.15, 0.2) is 0 Å². The summed E-state index contributed by atoms with van der Waals surface area (Å²) >= 11 is 1.94. The molecule has 0 aliphatic carbocycles. The van der Waals surface area contributed by atoms with Gasteiger partial charge in [0.1, 0.15) is 11.5 Å². The Balaban J connectivity index is 1.17. The molecular formula is C50H31B2N3OS. The molecule has 0 N–H and O–H groups in total. The molecule has 13 rings (SSSR count). The van der Waals surface area contributed by atoms with Crippen LogP contribution >= 0.6 is 11.3 Å². The van der Waals surface area contributed by atoms with Gasteiger partial charge in [-0.3, -0.25) is 0 Å². The smallest absolute Gasteiger partial charge is 0.264 e. The number of hydrogen-bond donors (Lipinski definition) is 0. The highest BCUT2D eigenvalue weighted by Crippen LogP contribution is 2.49. The van der Waals surface area contributed by atoms with Crippen molar-refractivity contribution in [3.8, 4) is 11.5 Å². The largest absolute Gasteiger partial charge is 0.458 e. The van der Waals surface area contributed by atoms with Gasteiger partial charge < -0.3 is 19.4 Å². The molecule has 4 aliphatic heterocycles. The van der Waals surface area contributed by atoms with Crippen molar-refractivity contribution in [2.45, 2.75) is 0 Å². The molecule has 0 saturated heterocycles. The van der Waals surface area contributed by atoms with Crippen molar-refractivity contribution in [1.82, 2.24) is 0 Å². The first-order chi connectivity index (χ1) is 28.3. The molecule has 8 aromatic carbocycles. The maximum atomic E-state index is 6.72. The Morgan fingerprint density at radius 2 is 0.912 bits per heavy atom. The molecule has 0 radical (unpaired) electrons. The van der Waals surface area contributed by atoms with Crippen molar-refractivity contribution in [3.63, 3.8) is 0 Å². The van der Waals surface area contributed by atoms with E-state index in [1.54, 1.807) is 0 Å². The maximum Gasteiger partial charge on any atom is 0.264 e. The van der Waals surface area contributed by atoms with E-state index in [9.17, 15) is 0 Å². The van der Waals surface area contributed by atoms with E-state index in [0.717, 1.165) is 34.2 Å². The monoisotopic (exact) mass is 743 g/mol. The van der Waals surface area contributed by atoms with E-state index in [4.69, 9.17) is 4.74 Å². The summed E-state index contributed by atoms with van der Waals surface area (Å²) in [7, 11) is 0. The molecule has 0 spiro atoms. The third-order valence-electron chi connectivity index (χ3n) is 12.3. The molecule has 0 saturated carbocycles. The van der Waals surface area contributed by atoms with Crippen molar-refractivity contribution in [2.24, 2.45) is 0 Å². The van der Waals surface area contributed by atoms with Crippen molar-refractivity contribution in [1.29, 1.82) is 0 Å². The molecule has 0 amide bonds. The molecule has 7 heteroatoms. The van der Waals surface area contributed by atoms with Crippen LogP contribution in [0.5, 0.6) is 11.5 Å². The van der Waals surface area contributed by atoms with E-state index in [0.29, 0.717) is 0 Å². The first kappa shape index (κ1) is 31.3. The van der Waals surface area contributed by atoms with Gasteiger partial charge in [0.2, 0.25) is 0 Å². The Morgan fingerprint density at radius 1 is 0.386 bits per heavy atom. The molecule has 264 valence electrons. The fraction of sp³-hybridized carbons (Fsp3) is 0. The van der Waals surface area contributed by atoms with Gasteiger partial charge in [0.05, 0.1) is 5.69 Å². The molecule has 5 heterocycles. The summed E-state index contributed by atoms with van der Waals surface area (Å²) in [5.41, 5.74) is 17.0. The molecule has 0 fully saturated rings. The molecular weight excluding hydrogens is 712 g/mol. The van der Waals surface area contributed by atoms with E-state index in [2.05, 4.69) is 203 Å². The number of benzene rings is 8. The number of para-hydroxylation sites is 4. The molecule has 0 bridgehead atoms. The number of thiophene rings is 1. The second-order valence-corrected chi connectivity index (χ2v) is 16.3. The van der Waals surface area contributed by atoms with Gasteiger partial charge in [0, 0.05) is 60.4 Å². The lowest BCUT2D eigenvalue weighted by atomic mass is 9.31. The maximum absolute atomic E-state index is 6.72. The zero-order valence-electron chi connectivity index (χ0n) is 30.7. The Morgan fingerprint density at radius 3 is 1.61 bits per heavy atom. The highest BCUT2D eigenvalue weighted by atomic mass is 32.1. The van der Waals surface area contributed by atoms with E-state index in [-0.39, 0.29) is 13.4 Å². The van der Waals surface area contributed by atoms with Crippen LogP contribution in [0.1, 0.15) is 0 Å². The van der Waals surface area contributed by atoms with E-state index >= 15 is 0 Å². The van der Waals surface area contributed by atoms with Crippen LogP contribution in [-0.2, 0) is 0 Å². The second-order valence-electron chi connectivity index (χ2n) is 15.2. The number of rotatable bonds is 3. The van der Waals surface area contributed by atoms with Gasteiger partial charge in [-0.2, -0.15) is 0 Å². The van der Waals surface area contributed by atoms with Crippen LogP contribution in [0.4, 0.5) is 51.2 Å². The number of ether oxygens (including phenoxy) is 1. The third-order valence-corrected chi connectivity index (χ3v) is 13.5. The van der Waals surface area contributed by atoms with E-state index in [1.807, 2.05) is 11.3 Å². The summed E-state index contributed by atoms with van der Waals surface area (Å²) in [5, 5.41) is 1.29. The lowest BCUT2D eigenvalue weighted by Crippen LogP contribution is -2.64. The normalized spacial score (nSPS) is 13.9. The van der Waals surface area contributed by atoms with Crippen LogP contribution in [-0.4, -0.2) is 13.4 Å². The zero-order chi connectivity index (χ0) is 37.2. The van der Waals surface area contributed by atoms with Gasteiger partial charge in [-0.25, -0.2) is 0 Å². The Labute approximate surface area is 335 Å². The SMILES string of the molecule is c1ccc(N2c3cc4c(cc3B3c5ccccc5Oc5cccc2c53)B2c3sc5ccccc5c3N(c3ccccc3)c3cccc(c32)N4c2ccccc2)cc1. The number of anilines is 9. The summed E-state index contributed by atoms with van der Waals surface area (Å²) in [6.45, 7) is 0.00948. The van der Waals surface area contributed by atoms with Crippen LogP contribution in [0.2, 0.25) is 0 Å². The molecule has 9 aromatic rings. The Bertz CT molecular complexity index is 3100. The van der Waals surface area contributed by atoms with Gasteiger partial charge in [-0.15, -0.1) is 11.3 Å². The first-order valence-corrected chi connectivity index (χ1v) is 20.4. The van der Waals surface area contributed by atoms with Crippen molar-refractivity contribution >= 4 is 118 Å². The zero-order valence-corrected chi connectivity index (χ0v) is 31.5. The number of fused-ring (bicyclic) bond motifs is 10. The van der Waals surface area contributed by atoms with Crippen LogP contribution in [0.3, 0.4) is 0 Å². The topological polar surface area (TPSA) is 19.0 Å². The summed E-state index contributed by atoms with van der Waals surface area (Å²) < 4.78 is 9.39. The van der Waals surface area contributed by atoms with Gasteiger partial charge in [0.25, 0.3) is 13.4 Å². The molecule has 4 aliphatic rings. The fourth-order valence-electron chi connectivity index (χ4n) is 10.0. The van der Waals surface area contributed by atoms with Crippen molar-refractivity contribution in [2.75, 3.05) is 14.7 Å². The standard InChI is InChI=1S/C50H31B2N3OS/c1-4-16-32(17-5-1)53-39-24-14-25-40-47(39)52(50-49(35-22-10-13-29-46(35)57-50)55(40)34-20-8-3-9-21-34)38-30-37-42(31-43(38)53)54(33-18-6-2-7-19-33)41-26-15-28-45-48(41)51(37)36-23-11-12-27-44(36)56-45/h1-31H. The second kappa shape index (κ2) is 11.8. The Kier molecular flexibility index (Phi) is 6.46. The predicted octanol–water partition coefficient (Wildman–Crippen LogP) is 9.39. The van der Waals surface area contributed by atoms with Gasteiger partial charge >= 0.3 is 0 Å². The molecule has 0 atom stereocenters. The lowest BCUT2D eigenvalue weighted by Gasteiger charge is -2.45. The van der Waals surface area contributed by atoms with Crippen LogP contribution < -0.4 is 51.5 Å². The minimum atomic E-state index is -0.00508. The summed E-state index contributed by atoms with van der Waals surface area (Å²) in [6, 6.07) is 68.7. The predicted molar refractivity (Wildman–Crippen MR) is 242 cm³/mol. The first-order valence-electron chi connectivity index (χ1n) is 19.6. The van der Waals surface area contributed by atoms with Crippen molar-refractivity contribution in [3.05, 3.63) is 188 Å². The summed E-state index contributed by atoms with van der Waals surface area (Å²) in [4.78, 5) is 7.49. The van der Waals surface area contributed by atoms with Gasteiger partial charge in [-0.05, 0) is 106 Å². The van der Waals surface area contributed by atoms with Crippen molar-refractivity contribution < 1.29 is 4.74 Å². The minimum absolute atomic E-state index is 0.00508. The van der Waals surface area contributed by atoms with Crippen LogP contribution in [0.25, 0.3) is 10.1 Å². The van der Waals surface area contributed by atoms with Gasteiger partial charge in [-0.1, -0.05) is 109 Å². The molecule has 0 unspecified atom stereocenters. The highest BCUT2D eigenvalue weighted by molar-refractivity contribution is 7.33. The molecule has 4 nitrogen and oxygen atoms in total. The minimum Gasteiger partial charge on any atom is -0.458 e. The van der Waals surface area contributed by atoms with E-state index in [1.165, 1.54) is 70.6 Å². The summed E-state index contributed by atoms with van der Waals surface area (Å²) in [5.74, 6) is 1.84. The lowest BCUT2D eigenvalue weighted by molar-refractivity contribution is 0.487. The summed E-state index contributed by atoms with van der Waals surface area (Å²) in [6.07, 6.45) is 0. The highest BCUT2D eigenvalue weighted by Gasteiger charge is 2.48. The van der Waals surface area contributed by atoms with E-state index < -0.39 is 0 Å². The van der Waals surface area contributed by atoms with Crippen LogP contribution in [0, 0.1) is 0 Å². The fourth-order valence-corrected chi connectivity index (χ4v) is 11.4. The Hall–Kier alpha value is -6.95. The molecule has 1 aromatic heterocycles. The molecule has 57 heavy (non-hydrogen) atoms. The number of nitrogens with zero attached hydrogens (tertiary/aromatic N) is 3.